The number of rotatable bonds is 30. The Hall–Kier alpha value is -7.86. The van der Waals surface area contributed by atoms with Gasteiger partial charge in [-0.3, -0.25) is 4.79 Å². The number of hydrogen-bond donors (Lipinski definition) is 5. The van der Waals surface area contributed by atoms with Gasteiger partial charge in [-0.05, 0) is 321 Å². The number of fused-ring (bicyclic) bond motifs is 5. The molecule has 0 aliphatic rings. The van der Waals surface area contributed by atoms with Gasteiger partial charge >= 0.3 is 185 Å². The van der Waals surface area contributed by atoms with Crippen LogP contribution < -0.4 is 32.3 Å². The fourth-order valence-electron chi connectivity index (χ4n) is 14.8. The van der Waals surface area contributed by atoms with Gasteiger partial charge in [0, 0.05) is 187 Å². The first-order valence-corrected chi connectivity index (χ1v) is 69.7. The number of pyridine rings is 6. The minimum atomic E-state index is -0.839. The van der Waals surface area contributed by atoms with Crippen LogP contribution >= 0.6 is 154 Å². The van der Waals surface area contributed by atoms with Crippen LogP contribution in [0.5, 0.6) is 0 Å². The summed E-state index contributed by atoms with van der Waals surface area (Å²) in [7, 11) is 11.3. The second-order valence-electron chi connectivity index (χ2n) is 34.6. The Labute approximate surface area is 990 Å². The molecule has 0 aliphatic heterocycles. The number of carbonyl (C=O) groups is 1. The molecule has 0 unspecified atom stereocenters. The number of ketones is 1. The van der Waals surface area contributed by atoms with Gasteiger partial charge in [-0.25, -0.2) is 34.3 Å². The van der Waals surface area contributed by atoms with E-state index in [9.17, 15) is 9.18 Å². The van der Waals surface area contributed by atoms with Gasteiger partial charge in [0.25, 0.3) is 0 Å². The number of aryl methyl sites for hydroxylation is 2. The van der Waals surface area contributed by atoms with E-state index in [1.807, 2.05) is 149 Å². The van der Waals surface area contributed by atoms with Crippen molar-refractivity contribution in [1.82, 2.24) is 51.9 Å². The van der Waals surface area contributed by atoms with Gasteiger partial charge in [0.05, 0.1) is 33.8 Å². The van der Waals surface area contributed by atoms with Crippen LogP contribution in [0.15, 0.2) is 324 Å². The molecule has 0 fully saturated rings. The molecular formula is C120H152Br4FI4N17OSn2. The Kier molecular flexibility index (Phi) is 64.9. The monoisotopic (exact) mass is 2930 g/mol. The zero-order valence-corrected chi connectivity index (χ0v) is 107. The molecule has 7 aromatic carbocycles. The number of nitrogens with one attached hydrogen (secondary N) is 3. The molecule has 29 heteroatoms. The minimum absolute atomic E-state index is 0. The Morgan fingerprint density at radius 2 is 0.644 bits per heavy atom. The fourth-order valence-corrected chi connectivity index (χ4v) is 36.6. The largest absolute Gasteiger partial charge is 0.388 e. The molecule has 11 aromatic heterocycles. The van der Waals surface area contributed by atoms with E-state index in [2.05, 4.69) is 449 Å². The number of imidazole rings is 5. The molecule has 2 radical (unpaired) electrons. The van der Waals surface area contributed by atoms with E-state index in [1.165, 1.54) is 124 Å². The molecule has 0 atom stereocenters. The number of carbonyl (C=O) groups excluding carboxylic acids is 1. The van der Waals surface area contributed by atoms with Crippen molar-refractivity contribution in [3.8, 4) is 56.3 Å². The minimum Gasteiger partial charge on any atom is -0.388 e. The third-order valence-corrected chi connectivity index (χ3v) is 45.9. The van der Waals surface area contributed by atoms with E-state index in [-0.39, 0.29) is 33.9 Å². The number of nitrogen functional groups attached to an aromatic ring is 1. The van der Waals surface area contributed by atoms with E-state index in [1.54, 1.807) is 51.0 Å². The van der Waals surface area contributed by atoms with Gasteiger partial charge < -0.3 is 54.3 Å². The number of anilines is 5. The molecule has 794 valence electrons. The number of nitrogens with two attached hydrogens (primary N) is 2. The van der Waals surface area contributed by atoms with Crippen LogP contribution in [0.1, 0.15) is 169 Å². The van der Waals surface area contributed by atoms with Crippen LogP contribution in [0.4, 0.5) is 33.0 Å². The normalized spacial score (nSPS) is 10.3. The average molecular weight is 2930 g/mol. The number of Topliss-reactive ketones (excluding diaryl/α,β-unsaturated/α-hetero) is 1. The Balaban J connectivity index is 0.000000293. The van der Waals surface area contributed by atoms with Gasteiger partial charge in [-0.15, -0.1) is 0 Å². The Morgan fingerprint density at radius 3 is 0.933 bits per heavy atom. The molecule has 11 heterocycles. The number of unbranched alkanes of at least 4 members (excludes halogenated alkanes) is 6. The topological polar surface area (TPSA) is 208 Å². The number of aromatic nitrogens is 11. The van der Waals surface area contributed by atoms with Crippen LogP contribution in [-0.4, -0.2) is 145 Å². The van der Waals surface area contributed by atoms with Gasteiger partial charge in [-0.1, -0.05) is 136 Å². The maximum atomic E-state index is 12.2. The predicted octanol–water partition coefficient (Wildman–Crippen LogP) is 36.8. The molecule has 18 nitrogen and oxygen atoms in total. The van der Waals surface area contributed by atoms with E-state index >= 15 is 0 Å². The van der Waals surface area contributed by atoms with Crippen molar-refractivity contribution < 1.29 is 9.18 Å². The molecule has 0 amide bonds. The first kappa shape index (κ1) is 132. The SMILES string of the molecule is Brc1ccc2nc(-c3ccc(I)cc3)cn2c1.C.C.C.CCC[CH2][Sn]([CH2]CCC)[CH2]CCC.CCC[CH2][Sn]([CH2]CCC)[CH2]CCC.CCc1ccc(F)cc1.CN.CN(C)c1ccc(-c2cn3cc(I)ccc3n2)cc1.CNc1ccc(-c2cn3cc(Br)ccc3n2)cc1.CNc1ccc(-c2cn3cc(C)ccc3n2)cc1.CNc1ccc(-c2cn3cc(I)ccc3n2)cc1.Nc1ccc(Br)cn1.O=C(CBr)c1ccc(I)cc1. The van der Waals surface area contributed by atoms with Crippen molar-refractivity contribution >= 4 is 256 Å². The summed E-state index contributed by atoms with van der Waals surface area (Å²) in [5.74, 6) is 0.516. The van der Waals surface area contributed by atoms with Gasteiger partial charge in [0.2, 0.25) is 0 Å². The number of hydrogen-bond acceptors (Lipinski definition) is 13. The van der Waals surface area contributed by atoms with E-state index in [0.717, 1.165) is 131 Å². The molecule has 0 bridgehead atoms. The second kappa shape index (κ2) is 73.5. The first-order valence-electron chi connectivity index (χ1n) is 49.8. The number of alkyl halides is 1. The molecule has 0 aliphatic carbocycles. The van der Waals surface area contributed by atoms with Gasteiger partial charge in [-0.2, -0.15) is 0 Å². The maximum Gasteiger partial charge on any atom is 0.173 e. The summed E-state index contributed by atoms with van der Waals surface area (Å²) in [5, 5.41) is 9.73. The summed E-state index contributed by atoms with van der Waals surface area (Å²) in [6.07, 6.45) is 40.9. The summed E-state index contributed by atoms with van der Waals surface area (Å²) in [5.41, 5.74) is 33.0. The summed E-state index contributed by atoms with van der Waals surface area (Å²) < 4.78 is 40.4. The smallest absolute Gasteiger partial charge is 0.173 e. The summed E-state index contributed by atoms with van der Waals surface area (Å²) >= 11 is 20.7. The third kappa shape index (κ3) is 46.8. The molecule has 7 N–H and O–H groups in total. The van der Waals surface area contributed by atoms with Gasteiger partial charge in [0.15, 0.2) is 5.78 Å². The van der Waals surface area contributed by atoms with Crippen molar-refractivity contribution in [3.63, 3.8) is 0 Å². The predicted molar refractivity (Wildman–Crippen MR) is 694 cm³/mol. The summed E-state index contributed by atoms with van der Waals surface area (Å²) in [6, 6.07) is 79.7. The molecule has 0 saturated carbocycles. The van der Waals surface area contributed by atoms with Crippen LogP contribution in [0.3, 0.4) is 0 Å². The van der Waals surface area contributed by atoms with Crippen LogP contribution in [0.2, 0.25) is 26.6 Å². The van der Waals surface area contributed by atoms with E-state index in [4.69, 9.17) is 5.73 Å². The Morgan fingerprint density at radius 1 is 0.362 bits per heavy atom. The second-order valence-corrected chi connectivity index (χ2v) is 60.0. The van der Waals surface area contributed by atoms with Crippen molar-refractivity contribution in [2.75, 3.05) is 74.2 Å². The first-order chi connectivity index (χ1) is 70.7. The summed E-state index contributed by atoms with van der Waals surface area (Å²) in [6.45, 7) is 18.1. The molecule has 18 aromatic rings. The van der Waals surface area contributed by atoms with E-state index < -0.39 is 39.5 Å². The van der Waals surface area contributed by atoms with E-state index in [0.29, 0.717) is 11.1 Å². The van der Waals surface area contributed by atoms with Crippen LogP contribution in [0.25, 0.3) is 84.5 Å². The number of nitrogens with zero attached hydrogens (tertiary/aromatic N) is 12. The van der Waals surface area contributed by atoms with Crippen molar-refractivity contribution in [3.05, 3.63) is 361 Å². The number of halogens is 9. The third-order valence-electron chi connectivity index (χ3n) is 23.1. The zero-order valence-electron chi connectivity index (χ0n) is 86.4. The molecule has 0 saturated heterocycles. The average Bonchev–Trinajstić information content (AvgIpc) is 1.69. The standard InChI is InChI=1S/C15H14IN3.C15H15N3.C14H12BrN3.C14H12IN3.C13H8BrIN2.C8H6BrIO.C8H9F.C5H5BrN2.6C4H9.CH5N.3CH4.2Sn/c1-18(2)13-6-3-11(4-7-13)14-10-19-9-12(16)5-8-15(19)17-14;1-11-3-8-15-17-14(10-18(15)9-11)12-4-6-13(16-2)7-5-12;2*1-16-12-5-2-10(3-6-12)13-9-18-8-11(15)4-7-14(18)17-13;14-10-3-6-13-16-12(8-17(13)7-10)9-1-4-11(15)5-2-9;9-5-8(11)6-1-3-7(10)4-2-6;1-2-7-3-5-8(9)6-4-7;6-4-1-2-5(7)8-3-4;6*1-3-4-2;1-2;;;;;/h3-10H,1-2H3;3-10,16H,1-2H3;2*2-9,16H,1H3;1-8H;1-4H,5H2;3-6H,2H2,1H3;1-3H,(H2,7,8);6*1,3-4H2,2H3;2H2,1H3;3*1H4;;. The zero-order chi connectivity index (χ0) is 106. The quantitative estimate of drug-likeness (QED) is 0.0123. The maximum absolute atomic E-state index is 12.2. The van der Waals surface area contributed by atoms with Crippen molar-refractivity contribution in [1.29, 1.82) is 0 Å². The Bertz CT molecular complexity index is 6400. The van der Waals surface area contributed by atoms with Crippen LogP contribution in [-0.2, 0) is 6.42 Å². The van der Waals surface area contributed by atoms with Crippen molar-refractivity contribution in [2.24, 2.45) is 5.73 Å². The van der Waals surface area contributed by atoms with Crippen molar-refractivity contribution in [2.45, 2.75) is 188 Å². The molecule has 149 heavy (non-hydrogen) atoms. The van der Waals surface area contributed by atoms with Crippen LogP contribution in [0, 0.1) is 27.0 Å². The number of benzene rings is 7. The molecule has 18 rings (SSSR count). The molecule has 0 spiro atoms. The molecular weight excluding hydrogens is 2780 g/mol. The fraction of sp³-hybridized carbons (Fsp3) is 0.308. The summed E-state index contributed by atoms with van der Waals surface area (Å²) in [4.78, 5) is 40.1. The van der Waals surface area contributed by atoms with Gasteiger partial charge in [0.1, 0.15) is 39.9 Å².